The molecule has 0 aromatic heterocycles. The van der Waals surface area contributed by atoms with E-state index in [1.54, 1.807) is 0 Å². The first-order valence-electron chi connectivity index (χ1n) is 36.8. The van der Waals surface area contributed by atoms with Crippen LogP contribution in [0, 0.1) is 0 Å². The number of carbonyl (C=O) groups is 2. The number of allylic oxidation sites excluding steroid dienone is 8. The van der Waals surface area contributed by atoms with Crippen LogP contribution in [0.1, 0.15) is 367 Å². The SMILES string of the molecule is CC/C=C\C/C=C\C/C=C\C/C=C\CCCCCCCCCCCCCCC(=O)OC(COC(=O)CCCCCCCCCCCCCCCCCCCCCCCCCCCCCCCCCCCCCC)COP(=O)([O-])OCC[N+](C)(C)C. The lowest BCUT2D eigenvalue weighted by molar-refractivity contribution is -0.870. The lowest BCUT2D eigenvalue weighted by Gasteiger charge is -2.28. The Morgan fingerprint density at radius 2 is 0.671 bits per heavy atom. The van der Waals surface area contributed by atoms with E-state index in [2.05, 4.69) is 62.5 Å². The van der Waals surface area contributed by atoms with E-state index in [1.165, 1.54) is 270 Å². The molecule has 2 atom stereocenters. The molecule has 0 aromatic rings. The number of unbranched alkanes of at least 4 members (excludes halogenated alkanes) is 47. The van der Waals surface area contributed by atoms with Crippen molar-refractivity contribution in [3.05, 3.63) is 48.6 Å². The average molecular weight is 1220 g/mol. The largest absolute Gasteiger partial charge is 0.756 e. The molecule has 85 heavy (non-hydrogen) atoms. The maximum atomic E-state index is 12.9. The predicted molar refractivity (Wildman–Crippen MR) is 365 cm³/mol. The summed E-state index contributed by atoms with van der Waals surface area (Å²) in [5.41, 5.74) is 0. The van der Waals surface area contributed by atoms with Crippen LogP contribution >= 0.6 is 7.82 Å². The number of phosphoric ester groups is 1. The second-order valence-electron chi connectivity index (χ2n) is 26.3. The van der Waals surface area contributed by atoms with E-state index >= 15 is 0 Å². The molecule has 0 spiro atoms. The Labute approximate surface area is 528 Å². The number of quaternary nitrogens is 1. The summed E-state index contributed by atoms with van der Waals surface area (Å²) in [6.45, 7) is 4.19. The Balaban J connectivity index is 3.93. The van der Waals surface area contributed by atoms with Gasteiger partial charge in [-0.1, -0.05) is 351 Å². The fraction of sp³-hybridized carbons (Fsp3) is 0.867. The summed E-state index contributed by atoms with van der Waals surface area (Å²) in [6.07, 6.45) is 86.5. The highest BCUT2D eigenvalue weighted by Crippen LogP contribution is 2.38. The summed E-state index contributed by atoms with van der Waals surface area (Å²) in [5, 5.41) is 0. The highest BCUT2D eigenvalue weighted by molar-refractivity contribution is 7.45. The first-order valence-corrected chi connectivity index (χ1v) is 38.3. The molecule has 0 saturated heterocycles. The zero-order valence-corrected chi connectivity index (χ0v) is 58.0. The van der Waals surface area contributed by atoms with E-state index in [9.17, 15) is 19.0 Å². The van der Waals surface area contributed by atoms with E-state index in [4.69, 9.17) is 18.5 Å². The van der Waals surface area contributed by atoms with Crippen molar-refractivity contribution in [1.82, 2.24) is 0 Å². The third-order valence-corrected chi connectivity index (χ3v) is 17.6. The minimum atomic E-state index is -4.64. The number of likely N-dealkylation sites (N-methyl/N-ethyl adjacent to an activating group) is 1. The van der Waals surface area contributed by atoms with Gasteiger partial charge < -0.3 is 27.9 Å². The van der Waals surface area contributed by atoms with Gasteiger partial charge in [-0.25, -0.2) is 0 Å². The Morgan fingerprint density at radius 1 is 0.376 bits per heavy atom. The van der Waals surface area contributed by atoms with Crippen molar-refractivity contribution < 1.29 is 42.1 Å². The van der Waals surface area contributed by atoms with Crippen molar-refractivity contribution in [2.24, 2.45) is 0 Å². The van der Waals surface area contributed by atoms with Crippen LogP contribution < -0.4 is 4.89 Å². The predicted octanol–water partition coefficient (Wildman–Crippen LogP) is 23.4. The maximum absolute atomic E-state index is 12.9. The molecule has 0 saturated carbocycles. The Hall–Kier alpha value is -2.03. The molecule has 0 amide bonds. The van der Waals surface area contributed by atoms with E-state index in [0.717, 1.165) is 64.2 Å². The Bertz CT molecular complexity index is 1570. The van der Waals surface area contributed by atoms with Gasteiger partial charge in [-0.2, -0.15) is 0 Å². The molecule has 0 radical (unpaired) electrons. The molecule has 10 heteroatoms. The summed E-state index contributed by atoms with van der Waals surface area (Å²) in [5.74, 6) is -0.818. The van der Waals surface area contributed by atoms with Crippen LogP contribution in [0.15, 0.2) is 48.6 Å². The van der Waals surface area contributed by atoms with Crippen LogP contribution in [0.2, 0.25) is 0 Å². The molecule has 500 valence electrons. The standard InChI is InChI=1S/C75H142NO8P/c1-6-8-10-12-14-16-18-20-22-24-26-28-30-32-33-34-35-36-37-38-39-40-41-42-44-45-47-49-51-53-55-57-59-61-63-65-67-74(77)81-71-73(72-83-85(79,80)82-70-69-76(3,4)5)84-75(78)68-66-64-62-60-58-56-54-52-50-48-46-43-31-29-27-25-23-21-19-17-15-13-11-9-7-2/h9,11,15,17,21,23,27,29,73H,6-8,10,12-14,16,18-20,22,24-26,28,30-72H2,1-5H3/b11-9-,17-15-,23-21-,29-27-. The summed E-state index contributed by atoms with van der Waals surface area (Å²) in [4.78, 5) is 38.1. The zero-order valence-electron chi connectivity index (χ0n) is 57.1. The first kappa shape index (κ1) is 83.0. The number of hydrogen-bond donors (Lipinski definition) is 0. The van der Waals surface area contributed by atoms with Crippen LogP contribution in [0.5, 0.6) is 0 Å². The van der Waals surface area contributed by atoms with Gasteiger partial charge >= 0.3 is 11.9 Å². The first-order chi connectivity index (χ1) is 41.5. The molecule has 0 rings (SSSR count). The van der Waals surface area contributed by atoms with Gasteiger partial charge in [0.2, 0.25) is 0 Å². The van der Waals surface area contributed by atoms with E-state index in [1.807, 2.05) is 21.1 Å². The van der Waals surface area contributed by atoms with Crippen LogP contribution in [0.4, 0.5) is 0 Å². The van der Waals surface area contributed by atoms with Crippen LogP contribution in [-0.4, -0.2) is 70.0 Å². The average Bonchev–Trinajstić information content (AvgIpc) is 3.54. The van der Waals surface area contributed by atoms with Gasteiger partial charge in [0.25, 0.3) is 7.82 Å². The molecule has 2 unspecified atom stereocenters. The number of carbonyl (C=O) groups excluding carboxylic acids is 2. The third kappa shape index (κ3) is 70.9. The minimum absolute atomic E-state index is 0.0301. The number of nitrogens with zero attached hydrogens (tertiary/aromatic N) is 1. The molecule has 0 aromatic carbocycles. The number of ether oxygens (including phenoxy) is 2. The summed E-state index contributed by atoms with van der Waals surface area (Å²) in [6, 6.07) is 0. The summed E-state index contributed by atoms with van der Waals surface area (Å²) < 4.78 is 34.3. The topological polar surface area (TPSA) is 111 Å². The molecule has 0 aliphatic heterocycles. The van der Waals surface area contributed by atoms with E-state index in [-0.39, 0.29) is 32.0 Å². The van der Waals surface area contributed by atoms with Crippen molar-refractivity contribution in [2.45, 2.75) is 373 Å². The minimum Gasteiger partial charge on any atom is -0.756 e. The lowest BCUT2D eigenvalue weighted by Crippen LogP contribution is -2.37. The van der Waals surface area contributed by atoms with Gasteiger partial charge in [-0.15, -0.1) is 0 Å². The van der Waals surface area contributed by atoms with Crippen molar-refractivity contribution in [2.75, 3.05) is 47.5 Å². The van der Waals surface area contributed by atoms with Gasteiger partial charge in [-0.3, -0.25) is 14.2 Å². The molecule has 0 aliphatic carbocycles. The number of hydrogen-bond acceptors (Lipinski definition) is 8. The second-order valence-corrected chi connectivity index (χ2v) is 27.7. The zero-order chi connectivity index (χ0) is 61.9. The van der Waals surface area contributed by atoms with Gasteiger partial charge in [0.1, 0.15) is 19.8 Å². The molecule has 0 heterocycles. The number of rotatable bonds is 69. The highest BCUT2D eigenvalue weighted by Gasteiger charge is 2.22. The fourth-order valence-corrected chi connectivity index (χ4v) is 11.7. The van der Waals surface area contributed by atoms with Gasteiger partial charge in [0.15, 0.2) is 6.10 Å². The number of esters is 2. The van der Waals surface area contributed by atoms with Gasteiger partial charge in [0.05, 0.1) is 27.7 Å². The lowest BCUT2D eigenvalue weighted by atomic mass is 10.0. The van der Waals surface area contributed by atoms with Gasteiger partial charge in [-0.05, 0) is 51.4 Å². The Morgan fingerprint density at radius 3 is 1.00 bits per heavy atom. The van der Waals surface area contributed by atoms with Crippen LogP contribution in [-0.2, 0) is 32.7 Å². The summed E-state index contributed by atoms with van der Waals surface area (Å²) in [7, 11) is 1.18. The fourth-order valence-electron chi connectivity index (χ4n) is 11.0. The molecular formula is C75H142NO8P. The molecular weight excluding hydrogens is 1070 g/mol. The maximum Gasteiger partial charge on any atom is 0.306 e. The molecule has 9 nitrogen and oxygen atoms in total. The van der Waals surface area contributed by atoms with E-state index < -0.39 is 26.5 Å². The monoisotopic (exact) mass is 1220 g/mol. The van der Waals surface area contributed by atoms with Crippen molar-refractivity contribution in [3.63, 3.8) is 0 Å². The van der Waals surface area contributed by atoms with Crippen molar-refractivity contribution in [3.8, 4) is 0 Å². The van der Waals surface area contributed by atoms with Crippen LogP contribution in [0.25, 0.3) is 0 Å². The quantitative estimate of drug-likeness (QED) is 0.0195. The number of phosphoric acid groups is 1. The second kappa shape index (κ2) is 66.4. The van der Waals surface area contributed by atoms with Crippen molar-refractivity contribution in [1.29, 1.82) is 0 Å². The highest BCUT2D eigenvalue weighted by atomic mass is 31.2. The Kier molecular flexibility index (Phi) is 64.8. The van der Waals surface area contributed by atoms with E-state index in [0.29, 0.717) is 17.4 Å². The molecule has 0 aliphatic rings. The third-order valence-electron chi connectivity index (χ3n) is 16.6. The molecule has 0 bridgehead atoms. The molecule has 0 N–H and O–H groups in total. The van der Waals surface area contributed by atoms with Crippen molar-refractivity contribution >= 4 is 19.8 Å². The smallest absolute Gasteiger partial charge is 0.306 e. The van der Waals surface area contributed by atoms with Crippen LogP contribution in [0.3, 0.4) is 0 Å². The summed E-state index contributed by atoms with van der Waals surface area (Å²) >= 11 is 0. The molecule has 0 fully saturated rings. The van der Waals surface area contributed by atoms with Gasteiger partial charge in [0, 0.05) is 12.8 Å². The normalized spacial score (nSPS) is 13.3.